The molecule has 0 aliphatic heterocycles. The van der Waals surface area contributed by atoms with E-state index in [1.807, 2.05) is 18.2 Å². The van der Waals surface area contributed by atoms with Gasteiger partial charge in [0.05, 0.1) is 0 Å². The van der Waals surface area contributed by atoms with Crippen LogP contribution in [0.3, 0.4) is 0 Å². The van der Waals surface area contributed by atoms with Gasteiger partial charge in [-0.2, -0.15) is 0 Å². The molecule has 3 amide bonds. The molecule has 9 nitrogen and oxygen atoms in total. The molecule has 0 saturated heterocycles. The molecular formula is C29H40N4O5. The van der Waals surface area contributed by atoms with E-state index in [1.165, 1.54) is 5.56 Å². The predicted octanol–water partition coefficient (Wildman–Crippen LogP) is 4.48. The van der Waals surface area contributed by atoms with Gasteiger partial charge in [-0.25, -0.2) is 4.79 Å². The SMILES string of the molecule is C[C@H](CC(=O)N[C@@H]1CC[C@@H](NC(=O)c2cc(C3CC3)on2)[C@@H](Cc2ccccc2)C1)NC(=O)OC(C)(C)C. The lowest BCUT2D eigenvalue weighted by Crippen LogP contribution is -2.50. The Balaban J connectivity index is 1.33. The summed E-state index contributed by atoms with van der Waals surface area (Å²) in [5, 5.41) is 13.0. The summed E-state index contributed by atoms with van der Waals surface area (Å²) in [5.74, 6) is 1.00. The highest BCUT2D eigenvalue weighted by molar-refractivity contribution is 5.92. The Hall–Kier alpha value is -3.36. The van der Waals surface area contributed by atoms with E-state index in [0.29, 0.717) is 11.6 Å². The average Bonchev–Trinajstić information content (AvgIpc) is 3.56. The third kappa shape index (κ3) is 8.33. The summed E-state index contributed by atoms with van der Waals surface area (Å²) < 4.78 is 10.6. The second-order valence-electron chi connectivity index (χ2n) is 11.7. The molecule has 2 aromatic rings. The van der Waals surface area contributed by atoms with Crippen LogP contribution >= 0.6 is 0 Å². The lowest BCUT2D eigenvalue weighted by Gasteiger charge is -2.37. The van der Waals surface area contributed by atoms with Gasteiger partial charge in [0.25, 0.3) is 5.91 Å². The normalized spacial score (nSPS) is 22.3. The van der Waals surface area contributed by atoms with Gasteiger partial charge < -0.3 is 25.2 Å². The number of ether oxygens (including phenoxy) is 1. The van der Waals surface area contributed by atoms with Gasteiger partial charge in [0.2, 0.25) is 5.91 Å². The molecule has 0 unspecified atom stereocenters. The van der Waals surface area contributed by atoms with E-state index in [0.717, 1.165) is 44.3 Å². The van der Waals surface area contributed by atoms with Crippen molar-refractivity contribution in [2.75, 3.05) is 0 Å². The largest absolute Gasteiger partial charge is 0.444 e. The lowest BCUT2D eigenvalue weighted by atomic mass is 9.78. The van der Waals surface area contributed by atoms with Crippen molar-refractivity contribution < 1.29 is 23.6 Å². The topological polar surface area (TPSA) is 123 Å². The van der Waals surface area contributed by atoms with E-state index in [9.17, 15) is 14.4 Å². The van der Waals surface area contributed by atoms with Crippen molar-refractivity contribution in [3.05, 3.63) is 53.4 Å². The predicted molar refractivity (Wildman–Crippen MR) is 143 cm³/mol. The van der Waals surface area contributed by atoms with E-state index in [4.69, 9.17) is 9.26 Å². The van der Waals surface area contributed by atoms with Gasteiger partial charge in [-0.05, 0) is 77.7 Å². The Bertz CT molecular complexity index is 1110. The van der Waals surface area contributed by atoms with Crippen molar-refractivity contribution >= 4 is 17.9 Å². The van der Waals surface area contributed by atoms with Crippen LogP contribution in [0, 0.1) is 5.92 Å². The van der Waals surface area contributed by atoms with E-state index >= 15 is 0 Å². The molecule has 2 fully saturated rings. The third-order valence-electron chi connectivity index (χ3n) is 7.00. The van der Waals surface area contributed by atoms with E-state index in [-0.39, 0.29) is 42.3 Å². The van der Waals surface area contributed by atoms with Crippen LogP contribution in [0.2, 0.25) is 0 Å². The second-order valence-corrected chi connectivity index (χ2v) is 11.7. The number of hydrogen-bond donors (Lipinski definition) is 3. The van der Waals surface area contributed by atoms with Crippen LogP contribution < -0.4 is 16.0 Å². The standard InChI is InChI=1S/C29H40N4O5/c1-18(30-28(36)37-29(2,3)4)14-26(34)31-22-12-13-23(21(16-22)15-19-8-6-5-7-9-19)32-27(35)24-17-25(38-33-24)20-10-11-20/h5-9,17-18,20-23H,10-16H2,1-4H3,(H,30,36)(H,31,34)(H,32,35)/t18-,21+,22-,23-/m1/s1. The number of carbonyl (C=O) groups excluding carboxylic acids is 3. The zero-order valence-electron chi connectivity index (χ0n) is 22.8. The number of amides is 3. The summed E-state index contributed by atoms with van der Waals surface area (Å²) in [4.78, 5) is 37.8. The van der Waals surface area contributed by atoms with Gasteiger partial charge in [-0.3, -0.25) is 9.59 Å². The van der Waals surface area contributed by atoms with E-state index < -0.39 is 11.7 Å². The lowest BCUT2D eigenvalue weighted by molar-refractivity contribution is -0.122. The van der Waals surface area contributed by atoms with Gasteiger partial charge in [0.15, 0.2) is 5.69 Å². The monoisotopic (exact) mass is 524 g/mol. The summed E-state index contributed by atoms with van der Waals surface area (Å²) in [6.07, 6.45) is 4.83. The van der Waals surface area contributed by atoms with Crippen LogP contribution in [0.25, 0.3) is 0 Å². The fraction of sp³-hybridized carbons (Fsp3) is 0.586. The Morgan fingerprint density at radius 2 is 1.82 bits per heavy atom. The van der Waals surface area contributed by atoms with Crippen LogP contribution in [0.5, 0.6) is 0 Å². The number of nitrogens with zero attached hydrogens (tertiary/aromatic N) is 1. The van der Waals surface area contributed by atoms with Crippen LogP contribution in [0.1, 0.15) is 93.9 Å². The van der Waals surface area contributed by atoms with Crippen LogP contribution in [0.4, 0.5) is 4.79 Å². The third-order valence-corrected chi connectivity index (χ3v) is 7.00. The van der Waals surface area contributed by atoms with Crippen LogP contribution in [-0.2, 0) is 16.0 Å². The number of benzene rings is 1. The summed E-state index contributed by atoms with van der Waals surface area (Å²) in [6.45, 7) is 7.18. The first kappa shape index (κ1) is 27.7. The Morgan fingerprint density at radius 1 is 1.08 bits per heavy atom. The number of hydrogen-bond acceptors (Lipinski definition) is 6. The van der Waals surface area contributed by atoms with Crippen molar-refractivity contribution in [3.63, 3.8) is 0 Å². The van der Waals surface area contributed by atoms with Crippen molar-refractivity contribution in [1.82, 2.24) is 21.1 Å². The number of alkyl carbamates (subject to hydrolysis) is 1. The molecule has 1 aromatic heterocycles. The minimum absolute atomic E-state index is 0.00777. The highest BCUT2D eigenvalue weighted by Gasteiger charge is 2.34. The smallest absolute Gasteiger partial charge is 0.407 e. The zero-order chi connectivity index (χ0) is 27.3. The summed E-state index contributed by atoms with van der Waals surface area (Å²) in [7, 11) is 0. The Kier molecular flexibility index (Phi) is 8.74. The van der Waals surface area contributed by atoms with Crippen molar-refractivity contribution in [1.29, 1.82) is 0 Å². The molecule has 3 N–H and O–H groups in total. The van der Waals surface area contributed by atoms with Crippen molar-refractivity contribution in [2.45, 2.75) is 102 Å². The Morgan fingerprint density at radius 3 is 2.50 bits per heavy atom. The summed E-state index contributed by atoms with van der Waals surface area (Å²) >= 11 is 0. The number of aromatic nitrogens is 1. The maximum atomic E-state index is 13.0. The molecule has 4 atom stereocenters. The number of carbonyl (C=O) groups is 3. The molecule has 1 heterocycles. The molecule has 2 saturated carbocycles. The van der Waals surface area contributed by atoms with E-state index in [2.05, 4.69) is 33.2 Å². The van der Waals surface area contributed by atoms with Gasteiger partial charge in [-0.1, -0.05) is 35.5 Å². The van der Waals surface area contributed by atoms with Crippen LogP contribution in [0.15, 0.2) is 40.9 Å². The molecule has 0 bridgehead atoms. The number of rotatable bonds is 9. The molecule has 0 spiro atoms. The highest BCUT2D eigenvalue weighted by Crippen LogP contribution is 2.40. The molecule has 38 heavy (non-hydrogen) atoms. The first-order valence-corrected chi connectivity index (χ1v) is 13.7. The van der Waals surface area contributed by atoms with Gasteiger partial charge in [0.1, 0.15) is 11.4 Å². The first-order chi connectivity index (χ1) is 18.1. The Labute approximate surface area is 224 Å². The van der Waals surface area contributed by atoms with Gasteiger partial charge >= 0.3 is 6.09 Å². The van der Waals surface area contributed by atoms with Crippen molar-refractivity contribution in [2.24, 2.45) is 5.92 Å². The summed E-state index contributed by atoms with van der Waals surface area (Å²) in [5.41, 5.74) is 0.921. The average molecular weight is 525 g/mol. The molecule has 206 valence electrons. The van der Waals surface area contributed by atoms with Gasteiger partial charge in [-0.15, -0.1) is 0 Å². The zero-order valence-corrected chi connectivity index (χ0v) is 22.8. The quantitative estimate of drug-likeness (QED) is 0.445. The van der Waals surface area contributed by atoms with E-state index in [1.54, 1.807) is 33.8 Å². The minimum Gasteiger partial charge on any atom is -0.444 e. The molecule has 2 aliphatic rings. The highest BCUT2D eigenvalue weighted by atomic mass is 16.6. The molecule has 2 aliphatic carbocycles. The molecule has 1 aromatic carbocycles. The molecular weight excluding hydrogens is 484 g/mol. The first-order valence-electron chi connectivity index (χ1n) is 13.7. The fourth-order valence-corrected chi connectivity index (χ4v) is 5.05. The molecule has 4 rings (SSSR count). The maximum Gasteiger partial charge on any atom is 0.407 e. The maximum absolute atomic E-state index is 13.0. The molecule has 9 heteroatoms. The number of nitrogens with one attached hydrogen (secondary N) is 3. The van der Waals surface area contributed by atoms with Gasteiger partial charge in [0, 0.05) is 36.5 Å². The second kappa shape index (κ2) is 12.0. The minimum atomic E-state index is -0.596. The summed E-state index contributed by atoms with van der Waals surface area (Å²) in [6, 6.07) is 11.5. The molecule has 0 radical (unpaired) electrons. The van der Waals surface area contributed by atoms with Crippen molar-refractivity contribution in [3.8, 4) is 0 Å². The van der Waals surface area contributed by atoms with Crippen LogP contribution in [-0.4, -0.2) is 46.8 Å². The fourth-order valence-electron chi connectivity index (χ4n) is 5.05.